The lowest BCUT2D eigenvalue weighted by atomic mass is 10.2. The molecular weight excluding hydrogens is 208 g/mol. The number of aryl methyl sites for hydroxylation is 2. The topological polar surface area (TPSA) is 76.0 Å². The van der Waals surface area contributed by atoms with Crippen molar-refractivity contribution in [1.29, 1.82) is 0 Å². The van der Waals surface area contributed by atoms with Crippen LogP contribution in [0.4, 0.5) is 0 Å². The fraction of sp³-hybridized carbons (Fsp3) is 0.500. The molecule has 0 saturated heterocycles. The number of nitrogens with zero attached hydrogens (tertiary/aromatic N) is 2. The van der Waals surface area contributed by atoms with E-state index >= 15 is 0 Å². The van der Waals surface area contributed by atoms with Gasteiger partial charge in [0, 0.05) is 19.8 Å². The summed E-state index contributed by atoms with van der Waals surface area (Å²) in [6.07, 6.45) is 0. The second kappa shape index (κ2) is 4.78. The fourth-order valence-corrected chi connectivity index (χ4v) is 1.44. The zero-order chi connectivity index (χ0) is 12.3. The van der Waals surface area contributed by atoms with E-state index in [1.54, 1.807) is 18.7 Å². The first-order chi connectivity index (χ1) is 7.47. The highest BCUT2D eigenvalue weighted by atomic mass is 16.2. The second-order valence-corrected chi connectivity index (χ2v) is 3.53. The first-order valence-electron chi connectivity index (χ1n) is 4.96. The molecule has 1 heterocycles. The predicted octanol–water partition coefficient (Wildman–Crippen LogP) is -0.487. The molecular formula is C10H16N4O2. The molecule has 0 aromatic carbocycles. The van der Waals surface area contributed by atoms with Crippen LogP contribution in [0.2, 0.25) is 0 Å². The molecule has 0 spiro atoms. The largest absolute Gasteiger partial charge is 0.358 e. The number of likely N-dealkylation sites (N-methyl/N-ethyl adjacent to an activating group) is 1. The van der Waals surface area contributed by atoms with E-state index in [-0.39, 0.29) is 18.4 Å². The third-order valence-corrected chi connectivity index (χ3v) is 2.42. The van der Waals surface area contributed by atoms with Crippen LogP contribution >= 0.6 is 0 Å². The third kappa shape index (κ3) is 2.39. The molecule has 2 N–H and O–H groups in total. The van der Waals surface area contributed by atoms with E-state index in [4.69, 9.17) is 0 Å². The molecule has 1 aromatic rings. The maximum atomic E-state index is 11.8. The van der Waals surface area contributed by atoms with E-state index < -0.39 is 0 Å². The first-order valence-corrected chi connectivity index (χ1v) is 4.96. The molecule has 1 rings (SSSR count). The van der Waals surface area contributed by atoms with Crippen molar-refractivity contribution >= 4 is 11.8 Å². The summed E-state index contributed by atoms with van der Waals surface area (Å²) in [5.41, 5.74) is 1.98. The van der Waals surface area contributed by atoms with Gasteiger partial charge in [0.2, 0.25) is 5.91 Å². The van der Waals surface area contributed by atoms with Gasteiger partial charge < -0.3 is 10.6 Å². The van der Waals surface area contributed by atoms with Crippen molar-refractivity contribution in [3.05, 3.63) is 17.0 Å². The van der Waals surface area contributed by atoms with Crippen molar-refractivity contribution in [1.82, 2.24) is 20.4 Å². The average molecular weight is 224 g/mol. The average Bonchev–Trinajstić information content (AvgIpc) is 2.49. The van der Waals surface area contributed by atoms with Crippen LogP contribution in [0.25, 0.3) is 0 Å². The maximum absolute atomic E-state index is 11.8. The summed E-state index contributed by atoms with van der Waals surface area (Å²) in [5.74, 6) is -0.501. The Balaban J connectivity index is 2.77. The summed E-state index contributed by atoms with van der Waals surface area (Å²) in [5, 5.41) is 9.11. The molecule has 1 aromatic heterocycles. The smallest absolute Gasteiger partial charge is 0.255 e. The van der Waals surface area contributed by atoms with E-state index in [9.17, 15) is 9.59 Å². The molecule has 0 radical (unpaired) electrons. The van der Waals surface area contributed by atoms with Crippen LogP contribution in [-0.2, 0) is 11.8 Å². The minimum absolute atomic E-state index is 0.0247. The molecule has 0 bridgehead atoms. The predicted molar refractivity (Wildman–Crippen MR) is 59.1 cm³/mol. The highest BCUT2D eigenvalue weighted by Gasteiger charge is 2.17. The van der Waals surface area contributed by atoms with E-state index in [2.05, 4.69) is 15.7 Å². The van der Waals surface area contributed by atoms with E-state index in [0.29, 0.717) is 11.3 Å². The number of carbonyl (C=O) groups is 2. The standard InChI is InChI=1S/C10H16N4O2/c1-6-9(7(2)14(4)13-6)10(16)12-5-8(15)11-3/h5H2,1-4H3,(H,11,15)(H,12,16). The van der Waals surface area contributed by atoms with Crippen LogP contribution in [0.5, 0.6) is 0 Å². The van der Waals surface area contributed by atoms with Gasteiger partial charge in [-0.15, -0.1) is 0 Å². The number of hydrogen-bond acceptors (Lipinski definition) is 3. The van der Waals surface area contributed by atoms with Gasteiger partial charge in [-0.25, -0.2) is 0 Å². The summed E-state index contributed by atoms with van der Waals surface area (Å²) in [4.78, 5) is 22.8. The molecule has 0 aliphatic heterocycles. The Hall–Kier alpha value is -1.85. The quantitative estimate of drug-likeness (QED) is 0.727. The maximum Gasteiger partial charge on any atom is 0.255 e. The molecule has 0 unspecified atom stereocenters. The van der Waals surface area contributed by atoms with Crippen molar-refractivity contribution in [2.75, 3.05) is 13.6 Å². The Labute approximate surface area is 94.0 Å². The molecule has 0 aliphatic rings. The third-order valence-electron chi connectivity index (χ3n) is 2.42. The minimum atomic E-state index is -0.272. The summed E-state index contributed by atoms with van der Waals surface area (Å²) in [7, 11) is 3.30. The van der Waals surface area contributed by atoms with Gasteiger partial charge in [-0.3, -0.25) is 14.3 Å². The molecule has 0 atom stereocenters. The van der Waals surface area contributed by atoms with E-state index in [1.807, 2.05) is 6.92 Å². The van der Waals surface area contributed by atoms with Crippen LogP contribution < -0.4 is 10.6 Å². The second-order valence-electron chi connectivity index (χ2n) is 3.53. The minimum Gasteiger partial charge on any atom is -0.358 e. The zero-order valence-corrected chi connectivity index (χ0v) is 9.92. The summed E-state index contributed by atoms with van der Waals surface area (Å²) >= 11 is 0. The van der Waals surface area contributed by atoms with Gasteiger partial charge in [-0.05, 0) is 13.8 Å². The van der Waals surface area contributed by atoms with Gasteiger partial charge in [-0.1, -0.05) is 0 Å². The summed E-state index contributed by atoms with van der Waals surface area (Å²) in [6.45, 7) is 3.56. The Bertz CT molecular complexity index is 423. The molecule has 6 heteroatoms. The van der Waals surface area contributed by atoms with Crippen LogP contribution in [0.15, 0.2) is 0 Å². The summed E-state index contributed by atoms with van der Waals surface area (Å²) in [6, 6.07) is 0. The van der Waals surface area contributed by atoms with E-state index in [0.717, 1.165) is 5.69 Å². The van der Waals surface area contributed by atoms with Crippen molar-refractivity contribution in [2.45, 2.75) is 13.8 Å². The Morgan fingerprint density at radius 1 is 1.38 bits per heavy atom. The molecule has 16 heavy (non-hydrogen) atoms. The number of hydrogen-bond donors (Lipinski definition) is 2. The molecule has 6 nitrogen and oxygen atoms in total. The number of aromatic nitrogens is 2. The fourth-order valence-electron chi connectivity index (χ4n) is 1.44. The Morgan fingerprint density at radius 2 is 2.00 bits per heavy atom. The van der Waals surface area contributed by atoms with Crippen LogP contribution in [0.1, 0.15) is 21.7 Å². The Kier molecular flexibility index (Phi) is 3.65. The van der Waals surface area contributed by atoms with Gasteiger partial charge in [0.25, 0.3) is 5.91 Å². The molecule has 0 saturated carbocycles. The van der Waals surface area contributed by atoms with Crippen molar-refractivity contribution in [3.63, 3.8) is 0 Å². The highest BCUT2D eigenvalue weighted by molar-refractivity contribution is 5.98. The van der Waals surface area contributed by atoms with Gasteiger partial charge >= 0.3 is 0 Å². The van der Waals surface area contributed by atoms with Gasteiger partial charge in [0.05, 0.1) is 17.8 Å². The number of nitrogens with one attached hydrogen (secondary N) is 2. The zero-order valence-electron chi connectivity index (χ0n) is 9.92. The van der Waals surface area contributed by atoms with Gasteiger partial charge in [-0.2, -0.15) is 5.10 Å². The van der Waals surface area contributed by atoms with Gasteiger partial charge in [0.1, 0.15) is 0 Å². The monoisotopic (exact) mass is 224 g/mol. The molecule has 0 aliphatic carbocycles. The van der Waals surface area contributed by atoms with Gasteiger partial charge in [0.15, 0.2) is 0 Å². The van der Waals surface area contributed by atoms with Crippen LogP contribution in [0.3, 0.4) is 0 Å². The van der Waals surface area contributed by atoms with Crippen molar-refractivity contribution in [3.8, 4) is 0 Å². The first kappa shape index (κ1) is 12.2. The highest BCUT2D eigenvalue weighted by Crippen LogP contribution is 2.10. The lowest BCUT2D eigenvalue weighted by Crippen LogP contribution is -2.35. The molecule has 0 fully saturated rings. The normalized spacial score (nSPS) is 10.0. The van der Waals surface area contributed by atoms with Crippen molar-refractivity contribution < 1.29 is 9.59 Å². The van der Waals surface area contributed by atoms with Crippen LogP contribution in [-0.4, -0.2) is 35.2 Å². The van der Waals surface area contributed by atoms with E-state index in [1.165, 1.54) is 7.05 Å². The van der Waals surface area contributed by atoms with Crippen LogP contribution in [0, 0.1) is 13.8 Å². The number of rotatable bonds is 3. The lowest BCUT2D eigenvalue weighted by Gasteiger charge is -2.04. The SMILES string of the molecule is CNC(=O)CNC(=O)c1c(C)nn(C)c1C. The number of amides is 2. The number of carbonyl (C=O) groups excluding carboxylic acids is 2. The molecule has 2 amide bonds. The van der Waals surface area contributed by atoms with Crippen molar-refractivity contribution in [2.24, 2.45) is 7.05 Å². The summed E-state index contributed by atoms with van der Waals surface area (Å²) < 4.78 is 1.64. The lowest BCUT2D eigenvalue weighted by molar-refractivity contribution is -0.119. The molecule has 88 valence electrons. The Morgan fingerprint density at radius 3 is 2.44 bits per heavy atom.